The van der Waals surface area contributed by atoms with Crippen LogP contribution in [0.1, 0.15) is 51.7 Å². The summed E-state index contributed by atoms with van der Waals surface area (Å²) in [6.07, 6.45) is 2.06. The predicted molar refractivity (Wildman–Crippen MR) is 81.3 cm³/mol. The van der Waals surface area contributed by atoms with E-state index in [1.807, 2.05) is 13.0 Å². The van der Waals surface area contributed by atoms with Crippen LogP contribution in [0.3, 0.4) is 0 Å². The first-order valence-corrected chi connectivity index (χ1v) is 7.21. The highest BCUT2D eigenvalue weighted by Crippen LogP contribution is 2.28. The van der Waals surface area contributed by atoms with Crippen molar-refractivity contribution in [3.05, 3.63) is 29.3 Å². The van der Waals surface area contributed by atoms with Crippen molar-refractivity contribution in [3.63, 3.8) is 0 Å². The molecule has 1 aromatic carbocycles. The number of carbonyl (C=O) groups is 1. The molecule has 112 valence electrons. The molecule has 1 rings (SSSR count). The molecule has 20 heavy (non-hydrogen) atoms. The highest BCUT2D eigenvalue weighted by molar-refractivity contribution is 5.69. The number of hydrogen-bond acceptors (Lipinski definition) is 3. The van der Waals surface area contributed by atoms with Crippen LogP contribution in [0.4, 0.5) is 0 Å². The molecule has 0 fully saturated rings. The van der Waals surface area contributed by atoms with E-state index < -0.39 is 0 Å². The summed E-state index contributed by atoms with van der Waals surface area (Å²) in [5.74, 6) is 0.764. The van der Waals surface area contributed by atoms with Crippen LogP contribution in [0.15, 0.2) is 18.2 Å². The maximum Gasteiger partial charge on any atom is 0.305 e. The maximum atomic E-state index is 11.4. The van der Waals surface area contributed by atoms with Gasteiger partial charge in [0.05, 0.1) is 13.7 Å². The number of carbonyl (C=O) groups excluding carboxylic acids is 1. The van der Waals surface area contributed by atoms with E-state index in [-0.39, 0.29) is 11.4 Å². The fraction of sp³-hybridized carbons (Fsp3) is 0.588. The SMILES string of the molecule is CCOC(=O)CCCc1cc(C(C)(C)C)ccc1OC. The minimum absolute atomic E-state index is 0.113. The van der Waals surface area contributed by atoms with E-state index in [2.05, 4.69) is 32.9 Å². The van der Waals surface area contributed by atoms with Gasteiger partial charge in [0.15, 0.2) is 0 Å². The highest BCUT2D eigenvalue weighted by Gasteiger charge is 2.16. The van der Waals surface area contributed by atoms with Gasteiger partial charge in [-0.15, -0.1) is 0 Å². The molecule has 0 aliphatic rings. The van der Waals surface area contributed by atoms with Gasteiger partial charge in [-0.05, 0) is 42.4 Å². The van der Waals surface area contributed by atoms with Crippen molar-refractivity contribution in [1.82, 2.24) is 0 Å². The Kier molecular flexibility index (Phi) is 6.05. The molecule has 0 atom stereocenters. The summed E-state index contributed by atoms with van der Waals surface area (Å²) in [4.78, 5) is 11.4. The van der Waals surface area contributed by atoms with Gasteiger partial charge in [0.25, 0.3) is 0 Å². The number of benzene rings is 1. The van der Waals surface area contributed by atoms with Crippen LogP contribution < -0.4 is 4.74 Å². The van der Waals surface area contributed by atoms with Crippen molar-refractivity contribution < 1.29 is 14.3 Å². The summed E-state index contributed by atoms with van der Waals surface area (Å²) >= 11 is 0. The lowest BCUT2D eigenvalue weighted by atomic mass is 9.85. The molecule has 0 saturated carbocycles. The molecule has 0 aliphatic heterocycles. The summed E-state index contributed by atoms with van der Waals surface area (Å²) in [7, 11) is 1.68. The highest BCUT2D eigenvalue weighted by atomic mass is 16.5. The minimum atomic E-state index is -0.126. The third-order valence-electron chi connectivity index (χ3n) is 3.28. The normalized spacial score (nSPS) is 11.2. The Labute approximate surface area is 122 Å². The predicted octanol–water partition coefficient (Wildman–Crippen LogP) is 3.88. The van der Waals surface area contributed by atoms with Crippen molar-refractivity contribution in [1.29, 1.82) is 0 Å². The largest absolute Gasteiger partial charge is 0.496 e. The molecule has 0 saturated heterocycles. The average molecular weight is 278 g/mol. The summed E-state index contributed by atoms with van der Waals surface area (Å²) in [6, 6.07) is 6.30. The van der Waals surface area contributed by atoms with Gasteiger partial charge < -0.3 is 9.47 Å². The molecule has 0 aliphatic carbocycles. The Morgan fingerprint density at radius 2 is 1.95 bits per heavy atom. The van der Waals surface area contributed by atoms with E-state index in [1.165, 1.54) is 5.56 Å². The van der Waals surface area contributed by atoms with Crippen LogP contribution in [0.2, 0.25) is 0 Å². The molecule has 3 heteroatoms. The Hall–Kier alpha value is -1.51. The minimum Gasteiger partial charge on any atom is -0.496 e. The van der Waals surface area contributed by atoms with Gasteiger partial charge in [0, 0.05) is 6.42 Å². The monoisotopic (exact) mass is 278 g/mol. The second-order valence-electron chi connectivity index (χ2n) is 5.94. The van der Waals surface area contributed by atoms with Gasteiger partial charge in [-0.3, -0.25) is 4.79 Å². The Balaban J connectivity index is 2.74. The first kappa shape index (κ1) is 16.5. The molecule has 0 unspecified atom stereocenters. The molecule has 1 aromatic rings. The van der Waals surface area contributed by atoms with Gasteiger partial charge in [-0.2, -0.15) is 0 Å². The van der Waals surface area contributed by atoms with Crippen LogP contribution in [-0.4, -0.2) is 19.7 Å². The Morgan fingerprint density at radius 3 is 2.50 bits per heavy atom. The van der Waals surface area contributed by atoms with Crippen LogP contribution in [-0.2, 0) is 21.4 Å². The van der Waals surface area contributed by atoms with Crippen molar-refractivity contribution in [2.24, 2.45) is 0 Å². The van der Waals surface area contributed by atoms with E-state index >= 15 is 0 Å². The molecule has 3 nitrogen and oxygen atoms in total. The number of methoxy groups -OCH3 is 1. The zero-order chi connectivity index (χ0) is 15.2. The number of rotatable bonds is 6. The van der Waals surface area contributed by atoms with E-state index in [0.717, 1.165) is 24.2 Å². The van der Waals surface area contributed by atoms with Crippen LogP contribution in [0.25, 0.3) is 0 Å². The maximum absolute atomic E-state index is 11.4. The van der Waals surface area contributed by atoms with E-state index in [0.29, 0.717) is 13.0 Å². The number of aryl methyl sites for hydroxylation is 1. The van der Waals surface area contributed by atoms with Crippen molar-refractivity contribution in [2.45, 2.75) is 52.4 Å². The Bertz CT molecular complexity index is 444. The van der Waals surface area contributed by atoms with Gasteiger partial charge >= 0.3 is 5.97 Å². The third-order valence-corrected chi connectivity index (χ3v) is 3.28. The first-order valence-electron chi connectivity index (χ1n) is 7.21. The summed E-state index contributed by atoms with van der Waals surface area (Å²) < 4.78 is 10.3. The van der Waals surface area contributed by atoms with Gasteiger partial charge in [-0.1, -0.05) is 32.9 Å². The average Bonchev–Trinajstić information content (AvgIpc) is 2.38. The second-order valence-corrected chi connectivity index (χ2v) is 5.94. The first-order chi connectivity index (χ1) is 9.38. The molecule has 0 spiro atoms. The van der Waals surface area contributed by atoms with Crippen LogP contribution >= 0.6 is 0 Å². The van der Waals surface area contributed by atoms with Gasteiger partial charge in [-0.25, -0.2) is 0 Å². The smallest absolute Gasteiger partial charge is 0.305 e. The zero-order valence-corrected chi connectivity index (χ0v) is 13.3. The fourth-order valence-corrected chi connectivity index (χ4v) is 2.10. The molecular weight excluding hydrogens is 252 g/mol. The molecule has 0 heterocycles. The molecule has 0 radical (unpaired) electrons. The Morgan fingerprint density at radius 1 is 1.25 bits per heavy atom. The summed E-state index contributed by atoms with van der Waals surface area (Å²) in [5, 5.41) is 0. The summed E-state index contributed by atoms with van der Waals surface area (Å²) in [6.45, 7) is 8.85. The molecule has 0 aromatic heterocycles. The quantitative estimate of drug-likeness (QED) is 0.741. The van der Waals surface area contributed by atoms with E-state index in [4.69, 9.17) is 9.47 Å². The van der Waals surface area contributed by atoms with Crippen molar-refractivity contribution in [2.75, 3.05) is 13.7 Å². The lowest BCUT2D eigenvalue weighted by Gasteiger charge is -2.21. The standard InChI is InChI=1S/C17H26O3/c1-6-20-16(18)9-7-8-13-12-14(17(2,3)4)10-11-15(13)19-5/h10-12H,6-9H2,1-5H3. The number of esters is 1. The number of hydrogen-bond donors (Lipinski definition) is 0. The molecular formula is C17H26O3. The topological polar surface area (TPSA) is 35.5 Å². The van der Waals surface area contributed by atoms with Crippen molar-refractivity contribution >= 4 is 5.97 Å². The van der Waals surface area contributed by atoms with Gasteiger partial charge in [0.2, 0.25) is 0 Å². The van der Waals surface area contributed by atoms with Crippen LogP contribution in [0.5, 0.6) is 5.75 Å². The van der Waals surface area contributed by atoms with Gasteiger partial charge in [0.1, 0.15) is 5.75 Å². The lowest BCUT2D eigenvalue weighted by Crippen LogP contribution is -2.12. The number of ether oxygens (including phenoxy) is 2. The third kappa shape index (κ3) is 4.87. The van der Waals surface area contributed by atoms with Crippen molar-refractivity contribution in [3.8, 4) is 5.75 Å². The molecule has 0 N–H and O–H groups in total. The zero-order valence-electron chi connectivity index (χ0n) is 13.3. The molecule has 0 amide bonds. The lowest BCUT2D eigenvalue weighted by molar-refractivity contribution is -0.143. The molecule has 0 bridgehead atoms. The van der Waals surface area contributed by atoms with E-state index in [1.54, 1.807) is 7.11 Å². The van der Waals surface area contributed by atoms with E-state index in [9.17, 15) is 4.79 Å². The van der Waals surface area contributed by atoms with Crippen LogP contribution in [0, 0.1) is 0 Å². The summed E-state index contributed by atoms with van der Waals surface area (Å²) in [5.41, 5.74) is 2.55. The second kappa shape index (κ2) is 7.32. The fourth-order valence-electron chi connectivity index (χ4n) is 2.10.